The van der Waals surface area contributed by atoms with Crippen LogP contribution >= 0.6 is 0 Å². The minimum Gasteiger partial charge on any atom is -0.462 e. The molecule has 0 amide bonds. The molecule has 1 atom stereocenters. The van der Waals surface area contributed by atoms with Crippen molar-refractivity contribution < 1.29 is 28.6 Å². The molecule has 0 heterocycles. The third kappa shape index (κ3) is 63.8. The lowest BCUT2D eigenvalue weighted by atomic mass is 10.0. The Morgan fingerprint density at radius 2 is 0.506 bits per heavy atom. The second-order valence-corrected chi connectivity index (χ2v) is 22.7. The van der Waals surface area contributed by atoms with Gasteiger partial charge in [0.25, 0.3) is 0 Å². The predicted molar refractivity (Wildman–Crippen MR) is 335 cm³/mol. The van der Waals surface area contributed by atoms with Gasteiger partial charge in [-0.3, -0.25) is 14.4 Å². The Morgan fingerprint density at radius 3 is 0.805 bits per heavy atom. The molecule has 0 aromatic heterocycles. The molecule has 0 aromatic rings. The molecule has 1 unspecified atom stereocenters. The Morgan fingerprint density at radius 1 is 0.273 bits per heavy atom. The highest BCUT2D eigenvalue weighted by molar-refractivity contribution is 5.71. The third-order valence-corrected chi connectivity index (χ3v) is 15.0. The summed E-state index contributed by atoms with van der Waals surface area (Å²) in [6, 6.07) is 0. The summed E-state index contributed by atoms with van der Waals surface area (Å²) < 4.78 is 16.9. The number of carbonyl (C=O) groups excluding carboxylic acids is 3. The van der Waals surface area contributed by atoms with Gasteiger partial charge in [0.15, 0.2) is 6.10 Å². The van der Waals surface area contributed by atoms with E-state index in [0.29, 0.717) is 19.3 Å². The second kappa shape index (κ2) is 65.6. The average molecular weight is 1080 g/mol. The SMILES string of the molecule is CC/C=C\C/C=C\C/C=C\C/C=C\CCCCCCCCCCCCCCCCCCC(=O)OCC(COC(=O)CCCCCCCCCCCCCC)OC(=O)CCCCCCCCC/C=C\CCCCCCCCC. The zero-order valence-electron chi connectivity index (χ0n) is 51.5. The van der Waals surface area contributed by atoms with Crippen LogP contribution in [0.5, 0.6) is 0 Å². The first kappa shape index (κ1) is 74.1. The number of unbranched alkanes of at least 4 members (excludes halogenated alkanes) is 41. The molecular weight excluding hydrogens is 949 g/mol. The number of hydrogen-bond acceptors (Lipinski definition) is 6. The molecule has 0 bridgehead atoms. The highest BCUT2D eigenvalue weighted by Gasteiger charge is 2.19. The second-order valence-electron chi connectivity index (χ2n) is 22.7. The Hall–Kier alpha value is -2.89. The summed E-state index contributed by atoms with van der Waals surface area (Å²) in [7, 11) is 0. The van der Waals surface area contributed by atoms with Gasteiger partial charge < -0.3 is 14.2 Å². The number of carbonyl (C=O) groups is 3. The Balaban J connectivity index is 4.19. The van der Waals surface area contributed by atoms with Gasteiger partial charge in [-0.1, -0.05) is 313 Å². The van der Waals surface area contributed by atoms with Crippen LogP contribution in [0.15, 0.2) is 60.8 Å². The van der Waals surface area contributed by atoms with Crippen molar-refractivity contribution in [2.75, 3.05) is 13.2 Å². The van der Waals surface area contributed by atoms with E-state index < -0.39 is 6.10 Å². The quantitative estimate of drug-likeness (QED) is 0.0261. The van der Waals surface area contributed by atoms with Crippen molar-refractivity contribution in [2.24, 2.45) is 0 Å². The molecule has 0 aliphatic heterocycles. The van der Waals surface area contributed by atoms with Gasteiger partial charge in [-0.05, 0) is 83.5 Å². The van der Waals surface area contributed by atoms with Gasteiger partial charge in [0.1, 0.15) is 13.2 Å². The van der Waals surface area contributed by atoms with Gasteiger partial charge in [0.2, 0.25) is 0 Å². The van der Waals surface area contributed by atoms with E-state index in [1.165, 1.54) is 231 Å². The fourth-order valence-electron chi connectivity index (χ4n) is 9.96. The largest absolute Gasteiger partial charge is 0.462 e. The van der Waals surface area contributed by atoms with Crippen molar-refractivity contribution in [3.05, 3.63) is 60.8 Å². The summed E-state index contributed by atoms with van der Waals surface area (Å²) in [5, 5.41) is 0. The smallest absolute Gasteiger partial charge is 0.306 e. The van der Waals surface area contributed by atoms with E-state index in [9.17, 15) is 14.4 Å². The Bertz CT molecular complexity index is 1380. The average Bonchev–Trinajstić information content (AvgIpc) is 3.43. The zero-order valence-corrected chi connectivity index (χ0v) is 51.5. The zero-order chi connectivity index (χ0) is 55.7. The first-order valence-corrected chi connectivity index (χ1v) is 33.8. The molecule has 0 radical (unpaired) electrons. The Labute approximate surface area is 479 Å². The van der Waals surface area contributed by atoms with Crippen LogP contribution in [-0.4, -0.2) is 37.2 Å². The minimum atomic E-state index is -0.773. The number of hydrogen-bond donors (Lipinski definition) is 0. The third-order valence-electron chi connectivity index (χ3n) is 15.0. The number of ether oxygens (including phenoxy) is 3. The lowest BCUT2D eigenvalue weighted by Crippen LogP contribution is -2.30. The van der Waals surface area contributed by atoms with Crippen LogP contribution in [0.4, 0.5) is 0 Å². The van der Waals surface area contributed by atoms with Gasteiger partial charge >= 0.3 is 17.9 Å². The highest BCUT2D eigenvalue weighted by atomic mass is 16.6. The van der Waals surface area contributed by atoms with Crippen LogP contribution in [0.3, 0.4) is 0 Å². The lowest BCUT2D eigenvalue weighted by Gasteiger charge is -2.18. The van der Waals surface area contributed by atoms with E-state index in [-0.39, 0.29) is 31.1 Å². The number of esters is 3. The molecule has 0 saturated heterocycles. The molecule has 0 aliphatic rings. The maximum atomic E-state index is 12.9. The normalized spacial score (nSPS) is 12.4. The first-order valence-electron chi connectivity index (χ1n) is 33.8. The minimum absolute atomic E-state index is 0.0704. The maximum absolute atomic E-state index is 12.9. The first-order chi connectivity index (χ1) is 38.0. The summed E-state index contributed by atoms with van der Waals surface area (Å²) >= 11 is 0. The molecule has 0 N–H and O–H groups in total. The van der Waals surface area contributed by atoms with Gasteiger partial charge in [0, 0.05) is 19.3 Å². The predicted octanol–water partition coefficient (Wildman–Crippen LogP) is 23.1. The summed E-state index contributed by atoms with van der Waals surface area (Å²) in [6.45, 7) is 6.57. The van der Waals surface area contributed by atoms with E-state index >= 15 is 0 Å². The maximum Gasteiger partial charge on any atom is 0.306 e. The molecule has 0 rings (SSSR count). The fraction of sp³-hybridized carbons (Fsp3) is 0.817. The van der Waals surface area contributed by atoms with Crippen molar-refractivity contribution in [2.45, 2.75) is 361 Å². The van der Waals surface area contributed by atoms with Gasteiger partial charge in [0.05, 0.1) is 0 Å². The fourth-order valence-corrected chi connectivity index (χ4v) is 9.96. The molecule has 77 heavy (non-hydrogen) atoms. The van der Waals surface area contributed by atoms with Crippen LogP contribution < -0.4 is 0 Å². The van der Waals surface area contributed by atoms with Crippen LogP contribution in [0.2, 0.25) is 0 Å². The van der Waals surface area contributed by atoms with Crippen LogP contribution in [0.1, 0.15) is 355 Å². The molecule has 0 spiro atoms. The molecule has 0 aromatic carbocycles. The van der Waals surface area contributed by atoms with Crippen molar-refractivity contribution in [1.29, 1.82) is 0 Å². The molecule has 6 heteroatoms. The summed E-state index contributed by atoms with van der Waals surface area (Å²) in [5.41, 5.74) is 0. The van der Waals surface area contributed by atoms with E-state index in [1.54, 1.807) is 0 Å². The van der Waals surface area contributed by atoms with Crippen LogP contribution in [0.25, 0.3) is 0 Å². The molecular formula is C71H128O6. The monoisotopic (exact) mass is 1080 g/mol. The summed E-state index contributed by atoms with van der Waals surface area (Å²) in [6.07, 6.45) is 83.8. The Kier molecular flexibility index (Phi) is 63.2. The highest BCUT2D eigenvalue weighted by Crippen LogP contribution is 2.18. The van der Waals surface area contributed by atoms with E-state index in [2.05, 4.69) is 81.5 Å². The molecule has 0 fully saturated rings. The summed E-state index contributed by atoms with van der Waals surface area (Å²) in [4.78, 5) is 38.3. The van der Waals surface area contributed by atoms with Gasteiger partial charge in [-0.15, -0.1) is 0 Å². The van der Waals surface area contributed by atoms with Gasteiger partial charge in [-0.25, -0.2) is 0 Å². The summed E-state index contributed by atoms with van der Waals surface area (Å²) in [5.74, 6) is -0.853. The molecule has 6 nitrogen and oxygen atoms in total. The van der Waals surface area contributed by atoms with E-state index in [4.69, 9.17) is 14.2 Å². The number of allylic oxidation sites excluding steroid dienone is 10. The van der Waals surface area contributed by atoms with Crippen molar-refractivity contribution in [1.82, 2.24) is 0 Å². The van der Waals surface area contributed by atoms with Gasteiger partial charge in [-0.2, -0.15) is 0 Å². The van der Waals surface area contributed by atoms with E-state index in [0.717, 1.165) is 83.5 Å². The molecule has 448 valence electrons. The van der Waals surface area contributed by atoms with Crippen molar-refractivity contribution in [3.63, 3.8) is 0 Å². The van der Waals surface area contributed by atoms with Crippen LogP contribution in [0, 0.1) is 0 Å². The topological polar surface area (TPSA) is 78.9 Å². The molecule has 0 saturated carbocycles. The van der Waals surface area contributed by atoms with Crippen LogP contribution in [-0.2, 0) is 28.6 Å². The lowest BCUT2D eigenvalue weighted by molar-refractivity contribution is -0.167. The standard InChI is InChI=1S/C71H128O6/c1-4-7-10-13-16-19-22-25-27-29-31-32-33-34-35-36-37-38-39-40-41-43-44-46-49-52-55-58-61-64-70(73)76-67-68(66-75-69(72)63-60-57-54-51-48-24-21-18-15-12-9-6-3)77-71(74)65-62-59-56-53-50-47-45-42-30-28-26-23-20-17-14-11-8-5-2/h7,10,16,19,25,27-28,30-32,68H,4-6,8-9,11-15,17-18,20-24,26,29,33-67H2,1-3H3/b10-7-,19-16-,27-25-,30-28-,32-31-. The van der Waals surface area contributed by atoms with Crippen molar-refractivity contribution in [3.8, 4) is 0 Å². The van der Waals surface area contributed by atoms with E-state index in [1.807, 2.05) is 0 Å². The number of rotatable bonds is 62. The van der Waals surface area contributed by atoms with Crippen molar-refractivity contribution >= 4 is 17.9 Å². The molecule has 0 aliphatic carbocycles.